The van der Waals surface area contributed by atoms with E-state index >= 15 is 4.39 Å². The van der Waals surface area contributed by atoms with Gasteiger partial charge in [-0.3, -0.25) is 4.79 Å². The van der Waals surface area contributed by atoms with E-state index in [9.17, 15) is 19.1 Å². The summed E-state index contributed by atoms with van der Waals surface area (Å²) in [6, 6.07) is 14.1. The fourth-order valence-electron chi connectivity index (χ4n) is 4.11. The first-order valence-electron chi connectivity index (χ1n) is 10.0. The van der Waals surface area contributed by atoms with E-state index in [4.69, 9.17) is 16.3 Å². The van der Waals surface area contributed by atoms with Crippen LogP contribution in [0.5, 0.6) is 5.75 Å². The van der Waals surface area contributed by atoms with Gasteiger partial charge in [0.05, 0.1) is 12.1 Å². The van der Waals surface area contributed by atoms with E-state index in [2.05, 4.69) is 10.6 Å². The van der Waals surface area contributed by atoms with Crippen LogP contribution in [0.4, 0.5) is 13.6 Å². The van der Waals surface area contributed by atoms with Crippen LogP contribution in [-0.4, -0.2) is 30.7 Å². The van der Waals surface area contributed by atoms with E-state index in [-0.39, 0.29) is 34.7 Å². The van der Waals surface area contributed by atoms with Crippen molar-refractivity contribution < 1.29 is 28.2 Å². The summed E-state index contributed by atoms with van der Waals surface area (Å²) in [6.07, 6.45) is -1.13. The summed E-state index contributed by atoms with van der Waals surface area (Å²) in [5, 5.41) is 14.1. The molecule has 170 valence electrons. The minimum Gasteiger partial charge on any atom is -0.480 e. The number of fused-ring (bicyclic) bond motifs is 1. The number of amides is 2. The Balaban J connectivity index is 1.93. The summed E-state index contributed by atoms with van der Waals surface area (Å²) in [5.41, 5.74) is -0.282. The molecule has 0 spiro atoms. The summed E-state index contributed by atoms with van der Waals surface area (Å²) in [7, 11) is 1.38. The Morgan fingerprint density at radius 2 is 1.82 bits per heavy atom. The maximum Gasteiger partial charge on any atom is 0.404 e. The summed E-state index contributed by atoms with van der Waals surface area (Å²) >= 11 is 6.47. The average molecular weight is 473 g/mol. The highest BCUT2D eigenvalue weighted by Gasteiger charge is 2.43. The third-order valence-corrected chi connectivity index (χ3v) is 5.94. The molecule has 0 radical (unpaired) electrons. The van der Waals surface area contributed by atoms with E-state index in [1.807, 2.05) is 6.07 Å². The molecule has 9 heteroatoms. The van der Waals surface area contributed by atoms with Gasteiger partial charge in [-0.05, 0) is 29.8 Å². The van der Waals surface area contributed by atoms with Crippen molar-refractivity contribution in [2.24, 2.45) is 0 Å². The number of carboxylic acid groups (broad SMARTS) is 1. The lowest BCUT2D eigenvalue weighted by atomic mass is 9.85. The van der Waals surface area contributed by atoms with Crippen LogP contribution in [0.1, 0.15) is 21.5 Å². The Bertz CT molecular complexity index is 1250. The smallest absolute Gasteiger partial charge is 0.404 e. The van der Waals surface area contributed by atoms with E-state index < -0.39 is 29.2 Å². The molecule has 0 bridgehead atoms. The molecule has 3 aromatic carbocycles. The first-order chi connectivity index (χ1) is 15.8. The fourth-order valence-corrected chi connectivity index (χ4v) is 4.39. The van der Waals surface area contributed by atoms with Crippen LogP contribution in [0.25, 0.3) is 11.1 Å². The molecule has 4 rings (SSSR count). The zero-order valence-electron chi connectivity index (χ0n) is 17.4. The first-order valence-corrected chi connectivity index (χ1v) is 10.4. The molecule has 1 aliphatic heterocycles. The van der Waals surface area contributed by atoms with Crippen molar-refractivity contribution in [1.82, 2.24) is 10.6 Å². The van der Waals surface area contributed by atoms with Gasteiger partial charge in [-0.15, -0.1) is 0 Å². The van der Waals surface area contributed by atoms with Gasteiger partial charge < -0.3 is 20.5 Å². The molecule has 0 saturated carbocycles. The number of carbonyl (C=O) groups excluding carboxylic acids is 1. The van der Waals surface area contributed by atoms with Gasteiger partial charge in [-0.25, -0.2) is 13.6 Å². The quantitative estimate of drug-likeness (QED) is 0.500. The third kappa shape index (κ3) is 3.98. The number of ether oxygens (including phenoxy) is 1. The Hall–Kier alpha value is -3.65. The van der Waals surface area contributed by atoms with Gasteiger partial charge in [0.2, 0.25) is 0 Å². The highest BCUT2D eigenvalue weighted by atomic mass is 35.5. The lowest BCUT2D eigenvalue weighted by Crippen LogP contribution is -2.43. The maximum absolute atomic E-state index is 15.1. The van der Waals surface area contributed by atoms with Crippen LogP contribution >= 0.6 is 11.6 Å². The molecular formula is C24H19ClF2N2O4. The molecule has 6 nitrogen and oxygen atoms in total. The average Bonchev–Trinajstić information content (AvgIpc) is 3.20. The minimum atomic E-state index is -1.24. The molecule has 2 amide bonds. The minimum absolute atomic E-state index is 0.0902. The van der Waals surface area contributed by atoms with Crippen LogP contribution in [0, 0.1) is 11.6 Å². The number of benzene rings is 3. The summed E-state index contributed by atoms with van der Waals surface area (Å²) in [6.45, 7) is -0.105. The normalized spacial score (nSPS) is 16.6. The van der Waals surface area contributed by atoms with Crippen molar-refractivity contribution in [3.63, 3.8) is 0 Å². The molecule has 0 fully saturated rings. The molecular weight excluding hydrogens is 454 g/mol. The van der Waals surface area contributed by atoms with Gasteiger partial charge in [0, 0.05) is 35.2 Å². The lowest BCUT2D eigenvalue weighted by molar-refractivity contribution is 0.0898. The molecule has 1 atom stereocenters. The number of rotatable bonds is 5. The number of halogens is 3. The van der Waals surface area contributed by atoms with Crippen molar-refractivity contribution in [2.45, 2.75) is 12.0 Å². The molecule has 0 saturated heterocycles. The Morgan fingerprint density at radius 3 is 2.48 bits per heavy atom. The molecule has 0 unspecified atom stereocenters. The summed E-state index contributed by atoms with van der Waals surface area (Å²) < 4.78 is 35.6. The van der Waals surface area contributed by atoms with Gasteiger partial charge in [-0.2, -0.15) is 0 Å². The van der Waals surface area contributed by atoms with Crippen LogP contribution in [0.3, 0.4) is 0 Å². The standard InChI is InChI=1S/C24H19ClF2N2O4/c1-28-22(30)14-7-9-17(26)21(27)20(14)19-15-11-24(12-29-23(31)32,13-5-3-2-4-6-13)33-18(15)10-8-16(19)25/h2-10,29H,11-12H2,1H3,(H,28,30)(H,31,32)/t24-/m1/s1. The molecule has 0 aromatic heterocycles. The number of carbonyl (C=O) groups is 2. The Labute approximate surface area is 193 Å². The second-order valence-corrected chi connectivity index (χ2v) is 7.97. The van der Waals surface area contributed by atoms with E-state index in [0.717, 1.165) is 6.07 Å². The maximum atomic E-state index is 15.1. The molecule has 1 heterocycles. The second-order valence-electron chi connectivity index (χ2n) is 7.56. The molecule has 0 aliphatic carbocycles. The van der Waals surface area contributed by atoms with Crippen LogP contribution in [-0.2, 0) is 12.0 Å². The molecule has 1 aliphatic rings. The van der Waals surface area contributed by atoms with Gasteiger partial charge >= 0.3 is 6.09 Å². The van der Waals surface area contributed by atoms with Gasteiger partial charge in [0.1, 0.15) is 5.75 Å². The second kappa shape index (κ2) is 8.71. The Kier molecular flexibility index (Phi) is 5.95. The third-order valence-electron chi connectivity index (χ3n) is 5.63. The lowest BCUT2D eigenvalue weighted by Gasteiger charge is -2.29. The number of nitrogens with one attached hydrogen (secondary N) is 2. The van der Waals surface area contributed by atoms with E-state index in [1.165, 1.54) is 19.2 Å². The molecule has 33 heavy (non-hydrogen) atoms. The van der Waals surface area contributed by atoms with Crippen molar-refractivity contribution >= 4 is 23.6 Å². The number of hydrogen-bond acceptors (Lipinski definition) is 3. The topological polar surface area (TPSA) is 87.7 Å². The van der Waals surface area contributed by atoms with Crippen molar-refractivity contribution in [1.29, 1.82) is 0 Å². The van der Waals surface area contributed by atoms with E-state index in [1.54, 1.807) is 30.3 Å². The fraction of sp³-hybridized carbons (Fsp3) is 0.167. The van der Waals surface area contributed by atoms with Gasteiger partial charge in [0.25, 0.3) is 5.91 Å². The van der Waals surface area contributed by atoms with Crippen LogP contribution < -0.4 is 15.4 Å². The summed E-state index contributed by atoms with van der Waals surface area (Å²) in [4.78, 5) is 23.7. The monoisotopic (exact) mass is 472 g/mol. The Morgan fingerprint density at radius 1 is 1.09 bits per heavy atom. The van der Waals surface area contributed by atoms with Gasteiger partial charge in [0.15, 0.2) is 17.2 Å². The predicted molar refractivity (Wildman–Crippen MR) is 119 cm³/mol. The van der Waals surface area contributed by atoms with Crippen LogP contribution in [0.2, 0.25) is 5.02 Å². The van der Waals surface area contributed by atoms with Crippen molar-refractivity contribution in [3.05, 3.63) is 87.9 Å². The zero-order valence-corrected chi connectivity index (χ0v) is 18.2. The highest BCUT2D eigenvalue weighted by molar-refractivity contribution is 6.34. The summed E-state index contributed by atoms with van der Waals surface area (Å²) in [5.74, 6) is -2.63. The van der Waals surface area contributed by atoms with Crippen molar-refractivity contribution in [3.8, 4) is 16.9 Å². The zero-order chi connectivity index (χ0) is 23.8. The van der Waals surface area contributed by atoms with Crippen LogP contribution in [0.15, 0.2) is 54.6 Å². The highest BCUT2D eigenvalue weighted by Crippen LogP contribution is 2.49. The molecule has 3 N–H and O–H groups in total. The predicted octanol–water partition coefficient (Wildman–Crippen LogP) is 4.74. The largest absolute Gasteiger partial charge is 0.480 e. The molecule has 3 aromatic rings. The van der Waals surface area contributed by atoms with Gasteiger partial charge in [-0.1, -0.05) is 41.9 Å². The SMILES string of the molecule is CNC(=O)c1ccc(F)c(F)c1-c1c(Cl)ccc2c1C[C@@](CNC(=O)O)(c1ccccc1)O2. The first kappa shape index (κ1) is 22.5. The number of hydrogen-bond donors (Lipinski definition) is 3. The van der Waals surface area contributed by atoms with Crippen molar-refractivity contribution in [2.75, 3.05) is 13.6 Å². The van der Waals surface area contributed by atoms with E-state index in [0.29, 0.717) is 16.9 Å².